The molecular formula is C15H19N3O2. The maximum absolute atomic E-state index is 5.50. The van der Waals surface area contributed by atoms with Crippen molar-refractivity contribution >= 4 is 0 Å². The number of ether oxygens (including phenoxy) is 1. The lowest BCUT2D eigenvalue weighted by molar-refractivity contribution is -0.0106. The number of methoxy groups -OCH3 is 1. The molecule has 20 heavy (non-hydrogen) atoms. The Bertz CT molecular complexity index is 617. The third-order valence-corrected chi connectivity index (χ3v) is 4.11. The minimum Gasteiger partial charge on any atom is -0.370 e. The van der Waals surface area contributed by atoms with Gasteiger partial charge in [0, 0.05) is 25.8 Å². The zero-order chi connectivity index (χ0) is 14.2. The first-order chi connectivity index (χ1) is 9.66. The van der Waals surface area contributed by atoms with Gasteiger partial charge in [-0.1, -0.05) is 18.1 Å². The van der Waals surface area contributed by atoms with Gasteiger partial charge in [-0.15, -0.1) is 0 Å². The average molecular weight is 273 g/mol. The van der Waals surface area contributed by atoms with Crippen molar-refractivity contribution in [1.29, 1.82) is 0 Å². The number of rotatable bonds is 4. The molecule has 0 saturated heterocycles. The molecule has 1 aromatic heterocycles. The van der Waals surface area contributed by atoms with Crippen LogP contribution >= 0.6 is 0 Å². The first-order valence-electron chi connectivity index (χ1n) is 6.88. The lowest BCUT2D eigenvalue weighted by atomic mass is 10.0. The SMILES string of the molecule is CCC(C)(OC)c1noc(-c2ccc3c(c2)CNC3)n1. The van der Waals surface area contributed by atoms with Crippen LogP contribution in [-0.4, -0.2) is 17.3 Å². The number of hydrogen-bond acceptors (Lipinski definition) is 5. The molecular weight excluding hydrogens is 254 g/mol. The minimum absolute atomic E-state index is 0.500. The van der Waals surface area contributed by atoms with Gasteiger partial charge in [-0.25, -0.2) is 0 Å². The average Bonchev–Trinajstić information content (AvgIpc) is 3.14. The molecule has 106 valence electrons. The Morgan fingerprint density at radius 2 is 2.15 bits per heavy atom. The van der Waals surface area contributed by atoms with E-state index in [-0.39, 0.29) is 0 Å². The van der Waals surface area contributed by atoms with Crippen LogP contribution in [0.3, 0.4) is 0 Å². The van der Waals surface area contributed by atoms with Crippen molar-refractivity contribution in [2.45, 2.75) is 39.0 Å². The molecule has 2 heterocycles. The summed E-state index contributed by atoms with van der Waals surface area (Å²) in [6.07, 6.45) is 0.788. The Labute approximate surface area is 118 Å². The largest absolute Gasteiger partial charge is 0.370 e. The summed E-state index contributed by atoms with van der Waals surface area (Å²) < 4.78 is 10.9. The summed E-state index contributed by atoms with van der Waals surface area (Å²) in [4.78, 5) is 4.50. The van der Waals surface area contributed by atoms with Gasteiger partial charge in [0.1, 0.15) is 5.60 Å². The van der Waals surface area contributed by atoms with E-state index in [9.17, 15) is 0 Å². The monoisotopic (exact) mass is 273 g/mol. The number of aromatic nitrogens is 2. The van der Waals surface area contributed by atoms with Gasteiger partial charge < -0.3 is 14.6 Å². The zero-order valence-electron chi connectivity index (χ0n) is 12.1. The molecule has 1 atom stereocenters. The van der Waals surface area contributed by atoms with Crippen LogP contribution in [0.2, 0.25) is 0 Å². The minimum atomic E-state index is -0.500. The Morgan fingerprint density at radius 1 is 1.35 bits per heavy atom. The van der Waals surface area contributed by atoms with E-state index in [1.807, 2.05) is 19.9 Å². The second-order valence-corrected chi connectivity index (χ2v) is 5.30. The molecule has 1 aliphatic rings. The molecule has 1 unspecified atom stereocenters. The fourth-order valence-corrected chi connectivity index (χ4v) is 2.38. The Balaban J connectivity index is 1.94. The lowest BCUT2D eigenvalue weighted by Gasteiger charge is -2.21. The van der Waals surface area contributed by atoms with Crippen molar-refractivity contribution in [2.24, 2.45) is 0 Å². The van der Waals surface area contributed by atoms with E-state index in [1.54, 1.807) is 7.11 Å². The molecule has 1 N–H and O–H groups in total. The molecule has 0 amide bonds. The van der Waals surface area contributed by atoms with Crippen molar-refractivity contribution in [2.75, 3.05) is 7.11 Å². The predicted molar refractivity (Wildman–Crippen MR) is 74.9 cm³/mol. The smallest absolute Gasteiger partial charge is 0.258 e. The van der Waals surface area contributed by atoms with Crippen LogP contribution in [0.15, 0.2) is 22.7 Å². The van der Waals surface area contributed by atoms with Crippen molar-refractivity contribution in [3.63, 3.8) is 0 Å². The van der Waals surface area contributed by atoms with E-state index < -0.39 is 5.60 Å². The fraction of sp³-hybridized carbons (Fsp3) is 0.467. The van der Waals surface area contributed by atoms with E-state index in [4.69, 9.17) is 9.26 Å². The normalized spacial score (nSPS) is 16.9. The van der Waals surface area contributed by atoms with Crippen molar-refractivity contribution in [3.05, 3.63) is 35.2 Å². The van der Waals surface area contributed by atoms with E-state index in [0.29, 0.717) is 11.7 Å². The summed E-state index contributed by atoms with van der Waals surface area (Å²) in [7, 11) is 1.67. The first kappa shape index (κ1) is 13.3. The van der Waals surface area contributed by atoms with Gasteiger partial charge in [0.15, 0.2) is 0 Å². The molecule has 0 spiro atoms. The van der Waals surface area contributed by atoms with Gasteiger partial charge in [-0.05, 0) is 36.6 Å². The van der Waals surface area contributed by atoms with E-state index in [0.717, 1.165) is 25.1 Å². The number of benzene rings is 1. The van der Waals surface area contributed by atoms with Gasteiger partial charge >= 0.3 is 0 Å². The van der Waals surface area contributed by atoms with E-state index in [1.165, 1.54) is 11.1 Å². The van der Waals surface area contributed by atoms with Gasteiger partial charge in [-0.2, -0.15) is 4.98 Å². The third-order valence-electron chi connectivity index (χ3n) is 4.11. The van der Waals surface area contributed by atoms with Crippen molar-refractivity contribution in [3.8, 4) is 11.5 Å². The van der Waals surface area contributed by atoms with E-state index >= 15 is 0 Å². The maximum atomic E-state index is 5.50. The molecule has 3 rings (SSSR count). The molecule has 0 aliphatic carbocycles. The van der Waals surface area contributed by atoms with E-state index in [2.05, 4.69) is 27.6 Å². The highest BCUT2D eigenvalue weighted by Crippen LogP contribution is 2.29. The third kappa shape index (κ3) is 2.13. The number of nitrogens with zero attached hydrogens (tertiary/aromatic N) is 2. The van der Waals surface area contributed by atoms with Gasteiger partial charge in [0.25, 0.3) is 5.89 Å². The van der Waals surface area contributed by atoms with Crippen molar-refractivity contribution < 1.29 is 9.26 Å². The highest BCUT2D eigenvalue weighted by atomic mass is 16.5. The summed E-state index contributed by atoms with van der Waals surface area (Å²) >= 11 is 0. The summed E-state index contributed by atoms with van der Waals surface area (Å²) in [5, 5.41) is 7.40. The lowest BCUT2D eigenvalue weighted by Crippen LogP contribution is -2.24. The highest BCUT2D eigenvalue weighted by Gasteiger charge is 2.30. The summed E-state index contributed by atoms with van der Waals surface area (Å²) in [5.74, 6) is 1.14. The summed E-state index contributed by atoms with van der Waals surface area (Å²) in [5.41, 5.74) is 3.09. The zero-order valence-corrected chi connectivity index (χ0v) is 12.1. The van der Waals surface area contributed by atoms with Crippen LogP contribution in [0.4, 0.5) is 0 Å². The van der Waals surface area contributed by atoms with Gasteiger partial charge in [-0.3, -0.25) is 0 Å². The second kappa shape index (κ2) is 5.00. The number of fused-ring (bicyclic) bond motifs is 1. The molecule has 5 nitrogen and oxygen atoms in total. The number of hydrogen-bond donors (Lipinski definition) is 1. The summed E-state index contributed by atoms with van der Waals surface area (Å²) in [6, 6.07) is 6.26. The van der Waals surface area contributed by atoms with Crippen LogP contribution in [0.1, 0.15) is 37.2 Å². The Hall–Kier alpha value is -1.72. The molecule has 0 radical (unpaired) electrons. The Morgan fingerprint density at radius 3 is 2.90 bits per heavy atom. The van der Waals surface area contributed by atoms with Crippen LogP contribution in [-0.2, 0) is 23.4 Å². The quantitative estimate of drug-likeness (QED) is 0.928. The maximum Gasteiger partial charge on any atom is 0.258 e. The van der Waals surface area contributed by atoms with Crippen LogP contribution < -0.4 is 5.32 Å². The molecule has 0 bridgehead atoms. The Kier molecular flexibility index (Phi) is 3.31. The van der Waals surface area contributed by atoms with Gasteiger partial charge in [0.2, 0.25) is 5.82 Å². The molecule has 5 heteroatoms. The topological polar surface area (TPSA) is 60.2 Å². The second-order valence-electron chi connectivity index (χ2n) is 5.30. The molecule has 1 aromatic carbocycles. The first-order valence-corrected chi connectivity index (χ1v) is 6.88. The molecule has 0 saturated carbocycles. The standard InChI is InChI=1S/C15H19N3O2/c1-4-15(2,19-3)14-17-13(20-18-14)10-5-6-11-8-16-9-12(11)7-10/h5-7,16H,4,8-9H2,1-3H3. The van der Waals surface area contributed by atoms with Gasteiger partial charge in [0.05, 0.1) is 0 Å². The molecule has 0 fully saturated rings. The highest BCUT2D eigenvalue weighted by molar-refractivity contribution is 5.56. The van der Waals surface area contributed by atoms with Crippen LogP contribution in [0.5, 0.6) is 0 Å². The summed E-state index contributed by atoms with van der Waals surface area (Å²) in [6.45, 7) is 5.84. The molecule has 2 aromatic rings. The van der Waals surface area contributed by atoms with Crippen LogP contribution in [0.25, 0.3) is 11.5 Å². The van der Waals surface area contributed by atoms with Crippen LogP contribution in [0, 0.1) is 0 Å². The molecule has 1 aliphatic heterocycles. The number of nitrogens with one attached hydrogen (secondary N) is 1. The van der Waals surface area contributed by atoms with Crippen molar-refractivity contribution in [1.82, 2.24) is 15.5 Å². The fourth-order valence-electron chi connectivity index (χ4n) is 2.38. The predicted octanol–water partition coefficient (Wildman–Crippen LogP) is 2.61.